The van der Waals surface area contributed by atoms with Gasteiger partial charge in [-0.15, -0.1) is 13.2 Å². The van der Waals surface area contributed by atoms with Crippen molar-refractivity contribution in [3.8, 4) is 5.75 Å². The van der Waals surface area contributed by atoms with Gasteiger partial charge in [-0.1, -0.05) is 6.07 Å². The first kappa shape index (κ1) is 17.7. The number of ether oxygens (including phenoxy) is 1. The second-order valence-corrected chi connectivity index (χ2v) is 5.54. The van der Waals surface area contributed by atoms with Gasteiger partial charge in [0.2, 0.25) is 0 Å². The van der Waals surface area contributed by atoms with Gasteiger partial charge in [-0.3, -0.25) is 10.1 Å². The minimum atomic E-state index is -4.76. The largest absolute Gasteiger partial charge is 0.573 e. The van der Waals surface area contributed by atoms with Crippen molar-refractivity contribution in [2.75, 3.05) is 5.32 Å². The van der Waals surface area contributed by atoms with Crippen LogP contribution >= 0.6 is 0 Å². The summed E-state index contributed by atoms with van der Waals surface area (Å²) in [5.74, 6) is -0.000425. The Balaban J connectivity index is 1.73. The topological polar surface area (TPSA) is 83.1 Å². The fourth-order valence-corrected chi connectivity index (χ4v) is 2.38. The Morgan fingerprint density at radius 3 is 2.73 bits per heavy atom. The number of rotatable bonds is 5. The lowest BCUT2D eigenvalue weighted by atomic mass is 10.1. The van der Waals surface area contributed by atoms with E-state index < -0.39 is 12.5 Å². The number of aromatic amines is 1. The first-order chi connectivity index (χ1) is 12.3. The van der Waals surface area contributed by atoms with Crippen molar-refractivity contribution in [3.05, 3.63) is 65.6 Å². The number of nitrogens with zero attached hydrogens (tertiary/aromatic N) is 2. The first-order valence-corrected chi connectivity index (χ1v) is 7.59. The van der Waals surface area contributed by atoms with E-state index in [0.717, 1.165) is 5.69 Å². The molecule has 9 heteroatoms. The summed E-state index contributed by atoms with van der Waals surface area (Å²) in [6, 6.07) is 10.4. The van der Waals surface area contributed by atoms with Crippen molar-refractivity contribution in [1.82, 2.24) is 15.2 Å². The van der Waals surface area contributed by atoms with Crippen LogP contribution in [0, 0.1) is 6.92 Å². The van der Waals surface area contributed by atoms with Crippen LogP contribution < -0.4 is 10.1 Å². The fraction of sp³-hybridized carbons (Fsp3) is 0.176. The molecule has 26 heavy (non-hydrogen) atoms. The predicted molar refractivity (Wildman–Crippen MR) is 88.0 cm³/mol. The molecule has 3 rings (SSSR count). The molecular formula is C17H15F3N4O2. The van der Waals surface area contributed by atoms with Crippen molar-refractivity contribution in [2.24, 2.45) is 0 Å². The molecule has 3 aromatic rings. The third-order valence-electron chi connectivity index (χ3n) is 3.47. The van der Waals surface area contributed by atoms with Crippen LogP contribution in [0.4, 0.5) is 24.7 Å². The summed E-state index contributed by atoms with van der Waals surface area (Å²) in [5, 5.41) is 20.0. The number of halogens is 3. The molecule has 136 valence electrons. The van der Waals surface area contributed by atoms with Gasteiger partial charge in [0.15, 0.2) is 5.82 Å². The number of aromatic nitrogens is 3. The number of anilines is 2. The molecule has 0 spiro atoms. The molecule has 0 radical (unpaired) electrons. The number of H-pyrrole nitrogens is 1. The lowest BCUT2D eigenvalue weighted by molar-refractivity contribution is -0.274. The zero-order valence-corrected chi connectivity index (χ0v) is 13.6. The minimum Gasteiger partial charge on any atom is -0.406 e. The van der Waals surface area contributed by atoms with Crippen LogP contribution in [0.2, 0.25) is 0 Å². The van der Waals surface area contributed by atoms with Crippen LogP contribution in [-0.2, 0) is 0 Å². The van der Waals surface area contributed by atoms with Crippen LogP contribution in [0.25, 0.3) is 0 Å². The smallest absolute Gasteiger partial charge is 0.406 e. The van der Waals surface area contributed by atoms with Gasteiger partial charge in [0.05, 0.1) is 5.69 Å². The van der Waals surface area contributed by atoms with Crippen LogP contribution in [0.5, 0.6) is 5.75 Å². The summed E-state index contributed by atoms with van der Waals surface area (Å²) in [6.45, 7) is 1.81. The Kier molecular flexibility index (Phi) is 4.81. The molecule has 0 aliphatic rings. The van der Waals surface area contributed by atoms with Crippen molar-refractivity contribution in [1.29, 1.82) is 0 Å². The molecule has 0 bridgehead atoms. The second-order valence-electron chi connectivity index (χ2n) is 5.54. The Hall–Kier alpha value is -3.07. The van der Waals surface area contributed by atoms with Crippen LogP contribution in [-0.4, -0.2) is 26.7 Å². The Morgan fingerprint density at radius 1 is 1.19 bits per heavy atom. The van der Waals surface area contributed by atoms with Gasteiger partial charge < -0.3 is 15.2 Å². The van der Waals surface area contributed by atoms with E-state index in [1.54, 1.807) is 30.5 Å². The molecule has 1 atom stereocenters. The van der Waals surface area contributed by atoms with Gasteiger partial charge >= 0.3 is 6.36 Å². The molecule has 1 unspecified atom stereocenters. The SMILES string of the molecule is Cc1cc(C(O)c2cc(Nc3cccc(OC(F)(F)F)c3)n[nH]2)ccn1. The van der Waals surface area contributed by atoms with Crippen LogP contribution in [0.1, 0.15) is 23.1 Å². The lowest BCUT2D eigenvalue weighted by Crippen LogP contribution is -2.17. The van der Waals surface area contributed by atoms with Crippen molar-refractivity contribution < 1.29 is 23.0 Å². The summed E-state index contributed by atoms with van der Waals surface area (Å²) in [5.41, 5.74) is 2.20. The molecule has 0 aliphatic heterocycles. The fourth-order valence-electron chi connectivity index (χ4n) is 2.38. The number of aryl methyl sites for hydroxylation is 1. The molecule has 0 amide bonds. The zero-order chi connectivity index (χ0) is 18.7. The average Bonchev–Trinajstić information content (AvgIpc) is 3.01. The van der Waals surface area contributed by atoms with Crippen molar-refractivity contribution >= 4 is 11.5 Å². The average molecular weight is 364 g/mol. The van der Waals surface area contributed by atoms with Gasteiger partial charge in [0.1, 0.15) is 11.9 Å². The third-order valence-corrected chi connectivity index (χ3v) is 3.47. The highest BCUT2D eigenvalue weighted by atomic mass is 19.4. The van der Waals surface area contributed by atoms with E-state index in [4.69, 9.17) is 0 Å². The molecular weight excluding hydrogens is 349 g/mol. The molecule has 2 aromatic heterocycles. The highest BCUT2D eigenvalue weighted by molar-refractivity contribution is 5.58. The summed E-state index contributed by atoms with van der Waals surface area (Å²) in [6.07, 6.45) is -4.10. The Labute approximate surface area is 146 Å². The highest BCUT2D eigenvalue weighted by Gasteiger charge is 2.31. The zero-order valence-electron chi connectivity index (χ0n) is 13.6. The van der Waals surface area contributed by atoms with E-state index in [9.17, 15) is 18.3 Å². The number of pyridine rings is 1. The normalized spacial score (nSPS) is 12.7. The van der Waals surface area contributed by atoms with E-state index in [1.165, 1.54) is 18.2 Å². The van der Waals surface area contributed by atoms with E-state index in [2.05, 4.69) is 25.2 Å². The third kappa shape index (κ3) is 4.51. The maximum Gasteiger partial charge on any atom is 0.573 e. The van der Waals surface area contributed by atoms with Crippen LogP contribution in [0.3, 0.4) is 0 Å². The molecule has 1 aromatic carbocycles. The van der Waals surface area contributed by atoms with Crippen molar-refractivity contribution in [3.63, 3.8) is 0 Å². The highest BCUT2D eigenvalue weighted by Crippen LogP contribution is 2.27. The molecule has 0 saturated heterocycles. The summed E-state index contributed by atoms with van der Waals surface area (Å²) < 4.78 is 40.7. The predicted octanol–water partition coefficient (Wildman–Crippen LogP) is 3.84. The van der Waals surface area contributed by atoms with Gasteiger partial charge in [0, 0.05) is 29.7 Å². The maximum atomic E-state index is 12.3. The lowest BCUT2D eigenvalue weighted by Gasteiger charge is -2.10. The Bertz CT molecular complexity index is 895. The maximum absolute atomic E-state index is 12.3. The number of alkyl halides is 3. The summed E-state index contributed by atoms with van der Waals surface area (Å²) in [4.78, 5) is 4.07. The first-order valence-electron chi connectivity index (χ1n) is 7.59. The molecule has 2 heterocycles. The molecule has 6 nitrogen and oxygen atoms in total. The van der Waals surface area contributed by atoms with Gasteiger partial charge in [-0.05, 0) is 36.8 Å². The summed E-state index contributed by atoms with van der Waals surface area (Å²) >= 11 is 0. The van der Waals surface area contributed by atoms with E-state index in [1.807, 2.05) is 6.92 Å². The quantitative estimate of drug-likeness (QED) is 0.641. The van der Waals surface area contributed by atoms with Gasteiger partial charge in [0.25, 0.3) is 0 Å². The molecule has 0 saturated carbocycles. The second kappa shape index (κ2) is 7.04. The van der Waals surface area contributed by atoms with Gasteiger partial charge in [-0.2, -0.15) is 5.10 Å². The number of benzene rings is 1. The van der Waals surface area contributed by atoms with E-state index in [0.29, 0.717) is 22.8 Å². The summed E-state index contributed by atoms with van der Waals surface area (Å²) in [7, 11) is 0. The van der Waals surface area contributed by atoms with E-state index in [-0.39, 0.29) is 5.75 Å². The van der Waals surface area contributed by atoms with E-state index >= 15 is 0 Å². The Morgan fingerprint density at radius 2 is 2.00 bits per heavy atom. The number of hydrogen-bond acceptors (Lipinski definition) is 5. The number of aliphatic hydroxyl groups is 1. The number of aliphatic hydroxyl groups excluding tert-OH is 1. The monoisotopic (exact) mass is 364 g/mol. The number of nitrogens with one attached hydrogen (secondary N) is 2. The van der Waals surface area contributed by atoms with Crippen LogP contribution in [0.15, 0.2) is 48.7 Å². The standard InChI is InChI=1S/C17H15F3N4O2/c1-10-7-11(5-6-21-10)16(25)14-9-15(24-23-14)22-12-3-2-4-13(8-12)26-17(18,19)20/h2-9,16,25H,1H3,(H2,22,23,24). The molecule has 0 aliphatic carbocycles. The number of hydrogen-bond donors (Lipinski definition) is 3. The molecule has 0 fully saturated rings. The van der Waals surface area contributed by atoms with Gasteiger partial charge in [-0.25, -0.2) is 0 Å². The molecule has 3 N–H and O–H groups in total. The van der Waals surface area contributed by atoms with Crippen molar-refractivity contribution in [2.45, 2.75) is 19.4 Å². The minimum absolute atomic E-state index is 0.342.